The second-order valence-electron chi connectivity index (χ2n) is 0.806. The minimum atomic E-state index is -1.15. The van der Waals surface area contributed by atoms with Crippen LogP contribution in [-0.4, -0.2) is 11.1 Å². The largest absolute Gasteiger partial charge is 0.302 e. The lowest BCUT2D eigenvalue weighted by atomic mass is 10.8. The number of carbonyl (C=O) groups excluding carboxylic acids is 1. The molecule has 0 bridgehead atoms. The van der Waals surface area contributed by atoms with E-state index in [1.165, 1.54) is 0 Å². The van der Waals surface area contributed by atoms with Gasteiger partial charge in [-0.15, -0.1) is 10.1 Å². The summed E-state index contributed by atoms with van der Waals surface area (Å²) in [5.41, 5.74) is 0. The van der Waals surface area contributed by atoms with Crippen LogP contribution < -0.4 is 0 Å². The van der Waals surface area contributed by atoms with Crippen LogP contribution in [0.4, 0.5) is 0 Å². The van der Waals surface area contributed by atoms with Crippen LogP contribution in [0.3, 0.4) is 0 Å². The summed E-state index contributed by atoms with van der Waals surface area (Å²) in [5, 5.41) is 8.02. The number of hydrogen-bond acceptors (Lipinski definition) is 4. The van der Waals surface area contributed by atoms with Crippen molar-refractivity contribution in [3.05, 3.63) is 10.1 Å². The van der Waals surface area contributed by atoms with Gasteiger partial charge in [-0.25, -0.2) is 4.84 Å². The van der Waals surface area contributed by atoms with Gasteiger partial charge in [0, 0.05) is 6.92 Å². The number of hydrogen-bond donors (Lipinski definition) is 0. The molecule has 0 spiro atoms. The van der Waals surface area contributed by atoms with E-state index in [1.54, 1.807) is 0 Å². The first-order valence-corrected chi connectivity index (χ1v) is 2.46. The molecule has 0 aliphatic heterocycles. The molecular weight excluding hydrogens is 126 g/mol. The Morgan fingerprint density at radius 2 is 1.89 bits per heavy atom. The van der Waals surface area contributed by atoms with Gasteiger partial charge in [0.05, 0.1) is 0 Å². The Morgan fingerprint density at radius 1 is 1.56 bits per heavy atom. The van der Waals surface area contributed by atoms with Crippen molar-refractivity contribution in [3.8, 4) is 0 Å². The average Bonchev–Trinajstić information content (AvgIpc) is 1.68. The van der Waals surface area contributed by atoms with Crippen LogP contribution in [-0.2, 0) is 9.63 Å². The van der Waals surface area contributed by atoms with Gasteiger partial charge in [-0.1, -0.05) is 13.8 Å². The first kappa shape index (κ1) is 10.8. The van der Waals surface area contributed by atoms with Crippen molar-refractivity contribution in [1.82, 2.24) is 0 Å². The van der Waals surface area contributed by atoms with E-state index in [4.69, 9.17) is 0 Å². The quantitative estimate of drug-likeness (QED) is 0.393. The van der Waals surface area contributed by atoms with Crippen LogP contribution in [0, 0.1) is 10.1 Å². The topological polar surface area (TPSA) is 69.4 Å². The lowest BCUT2D eigenvalue weighted by Gasteiger charge is -1.82. The third kappa shape index (κ3) is 19.8. The van der Waals surface area contributed by atoms with E-state index in [0.717, 1.165) is 6.92 Å². The predicted molar refractivity (Wildman–Crippen MR) is 30.1 cm³/mol. The Balaban J connectivity index is 0. The van der Waals surface area contributed by atoms with Gasteiger partial charge < -0.3 is 0 Å². The molecule has 0 unspecified atom stereocenters. The lowest BCUT2D eigenvalue weighted by molar-refractivity contribution is -0.729. The van der Waals surface area contributed by atoms with Crippen molar-refractivity contribution in [2.24, 2.45) is 0 Å². The normalized spacial score (nSPS) is 6.56. The SMILES string of the molecule is CC.CC(=O)O[N+](=O)[O-]. The van der Waals surface area contributed by atoms with Crippen molar-refractivity contribution in [3.63, 3.8) is 0 Å². The van der Waals surface area contributed by atoms with E-state index in [1.807, 2.05) is 13.8 Å². The molecule has 0 saturated carbocycles. The van der Waals surface area contributed by atoms with Crippen LogP contribution in [0.25, 0.3) is 0 Å². The summed E-state index contributed by atoms with van der Waals surface area (Å²) >= 11 is 0. The first-order valence-electron chi connectivity index (χ1n) is 2.46. The van der Waals surface area contributed by atoms with Gasteiger partial charge in [0.1, 0.15) is 0 Å². The van der Waals surface area contributed by atoms with Crippen LogP contribution in [0.2, 0.25) is 0 Å². The molecule has 0 N–H and O–H groups in total. The minimum Gasteiger partial charge on any atom is -0.269 e. The average molecular weight is 135 g/mol. The third-order valence-corrected chi connectivity index (χ3v) is 0.203. The van der Waals surface area contributed by atoms with Crippen LogP contribution in [0.15, 0.2) is 0 Å². The molecule has 5 heteroatoms. The van der Waals surface area contributed by atoms with Crippen molar-refractivity contribution in [2.45, 2.75) is 20.8 Å². The molecule has 9 heavy (non-hydrogen) atoms. The maximum Gasteiger partial charge on any atom is 0.302 e. The highest BCUT2D eigenvalue weighted by atomic mass is 17.0. The molecular formula is C4H9NO4. The van der Waals surface area contributed by atoms with Gasteiger partial charge in [0.25, 0.3) is 0 Å². The van der Waals surface area contributed by atoms with Crippen molar-refractivity contribution in [2.75, 3.05) is 0 Å². The Hall–Kier alpha value is -1.13. The smallest absolute Gasteiger partial charge is 0.269 e. The molecule has 0 aliphatic carbocycles. The van der Waals surface area contributed by atoms with E-state index in [2.05, 4.69) is 4.84 Å². The molecule has 0 heterocycles. The van der Waals surface area contributed by atoms with E-state index in [0.29, 0.717) is 0 Å². The monoisotopic (exact) mass is 135 g/mol. The van der Waals surface area contributed by atoms with Gasteiger partial charge in [0.15, 0.2) is 0 Å². The zero-order valence-corrected chi connectivity index (χ0v) is 5.58. The summed E-state index contributed by atoms with van der Waals surface area (Å²) in [6, 6.07) is 0. The van der Waals surface area contributed by atoms with E-state index < -0.39 is 11.1 Å². The van der Waals surface area contributed by atoms with Gasteiger partial charge in [-0.2, -0.15) is 0 Å². The summed E-state index contributed by atoms with van der Waals surface area (Å²) < 4.78 is 0. The Kier molecular flexibility index (Phi) is 8.23. The van der Waals surface area contributed by atoms with Crippen LogP contribution in [0.1, 0.15) is 20.8 Å². The Morgan fingerprint density at radius 3 is 1.89 bits per heavy atom. The van der Waals surface area contributed by atoms with E-state index >= 15 is 0 Å². The summed E-state index contributed by atoms with van der Waals surface area (Å²) in [6.45, 7) is 4.96. The molecule has 0 aromatic carbocycles. The van der Waals surface area contributed by atoms with Gasteiger partial charge in [-0.05, 0) is 0 Å². The van der Waals surface area contributed by atoms with Crippen molar-refractivity contribution >= 4 is 5.97 Å². The maximum atomic E-state index is 9.59. The second kappa shape index (κ2) is 6.87. The van der Waals surface area contributed by atoms with Crippen LogP contribution in [0.5, 0.6) is 0 Å². The highest BCUT2D eigenvalue weighted by molar-refractivity contribution is 5.64. The van der Waals surface area contributed by atoms with Gasteiger partial charge >= 0.3 is 11.1 Å². The van der Waals surface area contributed by atoms with Crippen molar-refractivity contribution < 1.29 is 14.7 Å². The Labute approximate surface area is 52.7 Å². The summed E-state index contributed by atoms with van der Waals surface area (Å²) in [7, 11) is 0. The van der Waals surface area contributed by atoms with Crippen LogP contribution >= 0.6 is 0 Å². The zero-order chi connectivity index (χ0) is 7.86. The third-order valence-electron chi connectivity index (χ3n) is 0.203. The highest BCUT2D eigenvalue weighted by Crippen LogP contribution is 1.72. The number of rotatable bonds is 1. The van der Waals surface area contributed by atoms with Crippen molar-refractivity contribution in [1.29, 1.82) is 0 Å². The van der Waals surface area contributed by atoms with E-state index in [9.17, 15) is 14.9 Å². The predicted octanol–water partition coefficient (Wildman–Crippen LogP) is 0.767. The fourth-order valence-corrected chi connectivity index (χ4v) is 0.105. The standard InChI is InChI=1S/C2H3NO4.C2H6/c1-2(4)7-3(5)6;1-2/h1H3;1-2H3. The number of carbonyl (C=O) groups is 1. The second-order valence-corrected chi connectivity index (χ2v) is 0.806. The molecule has 0 fully saturated rings. The molecule has 0 rings (SSSR count). The maximum absolute atomic E-state index is 9.59. The zero-order valence-electron chi connectivity index (χ0n) is 5.58. The summed E-state index contributed by atoms with van der Waals surface area (Å²) in [5.74, 6) is -0.912. The summed E-state index contributed by atoms with van der Waals surface area (Å²) in [4.78, 5) is 22.1. The molecule has 0 saturated heterocycles. The molecule has 0 amide bonds. The first-order chi connectivity index (χ1) is 4.13. The molecule has 0 aliphatic rings. The molecule has 0 radical (unpaired) electrons. The molecule has 54 valence electrons. The highest BCUT2D eigenvalue weighted by Gasteiger charge is 1.95. The Bertz CT molecular complexity index is 88.7. The van der Waals surface area contributed by atoms with E-state index in [-0.39, 0.29) is 0 Å². The fourth-order valence-electron chi connectivity index (χ4n) is 0.105. The van der Waals surface area contributed by atoms with Gasteiger partial charge in [-0.3, -0.25) is 4.79 Å². The molecule has 5 nitrogen and oxygen atoms in total. The molecule has 0 atom stereocenters. The fraction of sp³-hybridized carbons (Fsp3) is 0.750. The molecule has 0 aromatic rings. The minimum absolute atomic E-state index is 0.912. The lowest BCUT2D eigenvalue weighted by Crippen LogP contribution is -2.04. The van der Waals surface area contributed by atoms with Gasteiger partial charge in [0.2, 0.25) is 0 Å². The molecule has 0 aromatic heterocycles. The summed E-state index contributed by atoms with van der Waals surface area (Å²) in [6.07, 6.45) is 0. The number of nitrogens with zero attached hydrogens (tertiary/aromatic N) is 1.